The van der Waals surface area contributed by atoms with Gasteiger partial charge < -0.3 is 9.64 Å². The molecule has 0 radical (unpaired) electrons. The Labute approximate surface area is 102 Å². The number of ether oxygens (including phenoxy) is 1. The first-order valence-corrected chi connectivity index (χ1v) is 6.70. The van der Waals surface area contributed by atoms with E-state index < -0.39 is 0 Å². The van der Waals surface area contributed by atoms with Crippen LogP contribution >= 0.6 is 11.6 Å². The third-order valence-electron chi connectivity index (χ3n) is 3.69. The van der Waals surface area contributed by atoms with Crippen molar-refractivity contribution in [3.63, 3.8) is 0 Å². The zero-order valence-corrected chi connectivity index (χ0v) is 10.6. The van der Waals surface area contributed by atoms with Crippen molar-refractivity contribution in [2.75, 3.05) is 25.6 Å². The summed E-state index contributed by atoms with van der Waals surface area (Å²) in [4.78, 5) is 14.1. The average molecular weight is 246 g/mol. The normalized spacial score (nSPS) is 32.0. The molecule has 0 N–H and O–H groups in total. The van der Waals surface area contributed by atoms with Gasteiger partial charge in [0, 0.05) is 19.0 Å². The second-order valence-electron chi connectivity index (χ2n) is 5.00. The number of carbonyl (C=O) groups excluding carboxylic acids is 1. The molecule has 2 aliphatic rings. The number of likely N-dealkylation sites (tertiary alicyclic amines) is 1. The molecule has 2 aliphatic heterocycles. The van der Waals surface area contributed by atoms with E-state index in [4.69, 9.17) is 16.3 Å². The minimum absolute atomic E-state index is 0.0996. The molecular formula is C12H20ClNO2. The fourth-order valence-electron chi connectivity index (χ4n) is 2.56. The van der Waals surface area contributed by atoms with E-state index in [1.165, 1.54) is 0 Å². The summed E-state index contributed by atoms with van der Waals surface area (Å²) in [6.45, 7) is 4.39. The number of nitrogens with zero attached hydrogens (tertiary/aromatic N) is 1. The van der Waals surface area contributed by atoms with Crippen LogP contribution in [0.2, 0.25) is 0 Å². The number of piperidine rings is 1. The molecule has 0 aromatic carbocycles. The Morgan fingerprint density at radius 3 is 2.62 bits per heavy atom. The van der Waals surface area contributed by atoms with Crippen LogP contribution in [0.15, 0.2) is 0 Å². The standard InChI is InChI=1S/C12H20ClNO2/c1-9-6-11(8-16-9)12(15)14-4-2-10(7-13)3-5-14/h9-11H,2-8H2,1H3. The van der Waals surface area contributed by atoms with Crippen molar-refractivity contribution in [2.45, 2.75) is 32.3 Å². The second-order valence-corrected chi connectivity index (χ2v) is 5.31. The highest BCUT2D eigenvalue weighted by atomic mass is 35.5. The Morgan fingerprint density at radius 2 is 2.12 bits per heavy atom. The molecule has 0 aromatic heterocycles. The zero-order chi connectivity index (χ0) is 11.5. The van der Waals surface area contributed by atoms with Gasteiger partial charge >= 0.3 is 0 Å². The van der Waals surface area contributed by atoms with E-state index in [0.717, 1.165) is 38.2 Å². The summed E-state index contributed by atoms with van der Waals surface area (Å²) in [6.07, 6.45) is 3.24. The van der Waals surface area contributed by atoms with Crippen molar-refractivity contribution in [3.8, 4) is 0 Å². The lowest BCUT2D eigenvalue weighted by atomic mass is 9.97. The molecule has 2 fully saturated rings. The minimum atomic E-state index is 0.0996. The van der Waals surface area contributed by atoms with E-state index in [2.05, 4.69) is 0 Å². The number of alkyl halides is 1. The summed E-state index contributed by atoms with van der Waals surface area (Å²) in [5.41, 5.74) is 0. The lowest BCUT2D eigenvalue weighted by Gasteiger charge is -2.32. The molecular weight excluding hydrogens is 226 g/mol. The molecule has 16 heavy (non-hydrogen) atoms. The number of hydrogen-bond donors (Lipinski definition) is 0. The third-order valence-corrected chi connectivity index (χ3v) is 4.13. The molecule has 3 nitrogen and oxygen atoms in total. The molecule has 0 saturated carbocycles. The highest BCUT2D eigenvalue weighted by molar-refractivity contribution is 6.18. The van der Waals surface area contributed by atoms with E-state index in [9.17, 15) is 4.79 Å². The highest BCUT2D eigenvalue weighted by Crippen LogP contribution is 2.24. The van der Waals surface area contributed by atoms with Crippen LogP contribution in [0.1, 0.15) is 26.2 Å². The number of rotatable bonds is 2. The van der Waals surface area contributed by atoms with Gasteiger partial charge in [0.05, 0.1) is 18.6 Å². The third kappa shape index (κ3) is 2.69. The first-order chi connectivity index (χ1) is 7.70. The number of hydrogen-bond acceptors (Lipinski definition) is 2. The highest BCUT2D eigenvalue weighted by Gasteiger charge is 2.32. The number of halogens is 1. The van der Waals surface area contributed by atoms with Crippen molar-refractivity contribution >= 4 is 17.5 Å². The van der Waals surface area contributed by atoms with Gasteiger partial charge in [0.2, 0.25) is 5.91 Å². The summed E-state index contributed by atoms with van der Waals surface area (Å²) >= 11 is 5.83. The molecule has 0 bridgehead atoms. The van der Waals surface area contributed by atoms with Crippen molar-refractivity contribution in [1.82, 2.24) is 4.90 Å². The molecule has 2 rings (SSSR count). The monoisotopic (exact) mass is 245 g/mol. The summed E-state index contributed by atoms with van der Waals surface area (Å²) in [5, 5.41) is 0. The van der Waals surface area contributed by atoms with Gasteiger partial charge in [-0.3, -0.25) is 4.79 Å². The molecule has 2 saturated heterocycles. The molecule has 2 unspecified atom stereocenters. The fraction of sp³-hybridized carbons (Fsp3) is 0.917. The van der Waals surface area contributed by atoms with Crippen LogP contribution in [0, 0.1) is 11.8 Å². The predicted octanol–water partition coefficient (Wildman–Crippen LogP) is 1.89. The molecule has 0 spiro atoms. The first-order valence-electron chi connectivity index (χ1n) is 6.17. The maximum Gasteiger partial charge on any atom is 0.228 e. The van der Waals surface area contributed by atoms with Crippen LogP contribution in [0.4, 0.5) is 0 Å². The Hall–Kier alpha value is -0.280. The lowest BCUT2D eigenvalue weighted by molar-refractivity contribution is -0.136. The number of carbonyl (C=O) groups is 1. The van der Waals surface area contributed by atoms with Crippen LogP contribution < -0.4 is 0 Å². The van der Waals surface area contributed by atoms with Gasteiger partial charge in [-0.25, -0.2) is 0 Å². The molecule has 2 heterocycles. The van der Waals surface area contributed by atoms with Crippen molar-refractivity contribution in [1.29, 1.82) is 0 Å². The maximum absolute atomic E-state index is 12.2. The second kappa shape index (κ2) is 5.37. The largest absolute Gasteiger partial charge is 0.378 e. The Balaban J connectivity index is 1.82. The topological polar surface area (TPSA) is 29.5 Å². The summed E-state index contributed by atoms with van der Waals surface area (Å²) in [6, 6.07) is 0. The first kappa shape index (κ1) is 12.2. The summed E-state index contributed by atoms with van der Waals surface area (Å²) in [7, 11) is 0. The van der Waals surface area contributed by atoms with Gasteiger partial charge in [0.1, 0.15) is 0 Å². The average Bonchev–Trinajstić information content (AvgIpc) is 2.75. The number of amides is 1. The van der Waals surface area contributed by atoms with Crippen molar-refractivity contribution < 1.29 is 9.53 Å². The van der Waals surface area contributed by atoms with Gasteiger partial charge in [-0.2, -0.15) is 0 Å². The van der Waals surface area contributed by atoms with Crippen LogP contribution in [0.3, 0.4) is 0 Å². The maximum atomic E-state index is 12.2. The molecule has 92 valence electrons. The Morgan fingerprint density at radius 1 is 1.44 bits per heavy atom. The molecule has 2 atom stereocenters. The smallest absolute Gasteiger partial charge is 0.228 e. The van der Waals surface area contributed by atoms with Crippen LogP contribution in [-0.4, -0.2) is 42.5 Å². The predicted molar refractivity (Wildman–Crippen MR) is 63.5 cm³/mol. The van der Waals surface area contributed by atoms with Gasteiger partial charge in [-0.15, -0.1) is 11.6 Å². The Bertz CT molecular complexity index is 251. The van der Waals surface area contributed by atoms with E-state index in [-0.39, 0.29) is 17.9 Å². The minimum Gasteiger partial charge on any atom is -0.378 e. The summed E-state index contributed by atoms with van der Waals surface area (Å²) in [5.74, 6) is 1.72. The molecule has 0 aromatic rings. The van der Waals surface area contributed by atoms with Gasteiger partial charge in [0.25, 0.3) is 0 Å². The van der Waals surface area contributed by atoms with E-state index >= 15 is 0 Å². The quantitative estimate of drug-likeness (QED) is 0.696. The lowest BCUT2D eigenvalue weighted by Crippen LogP contribution is -2.42. The summed E-state index contributed by atoms with van der Waals surface area (Å²) < 4.78 is 5.45. The fourth-order valence-corrected chi connectivity index (χ4v) is 2.86. The van der Waals surface area contributed by atoms with Gasteiger partial charge in [0.15, 0.2) is 0 Å². The van der Waals surface area contributed by atoms with Gasteiger partial charge in [-0.05, 0) is 32.1 Å². The molecule has 0 aliphatic carbocycles. The molecule has 1 amide bonds. The van der Waals surface area contributed by atoms with E-state index in [1.54, 1.807) is 0 Å². The van der Waals surface area contributed by atoms with E-state index in [0.29, 0.717) is 12.5 Å². The van der Waals surface area contributed by atoms with Crippen molar-refractivity contribution in [2.24, 2.45) is 11.8 Å². The molecule has 4 heteroatoms. The Kier molecular flexibility index (Phi) is 4.09. The zero-order valence-electron chi connectivity index (χ0n) is 9.82. The van der Waals surface area contributed by atoms with Crippen LogP contribution in [-0.2, 0) is 9.53 Å². The SMILES string of the molecule is CC1CC(C(=O)N2CCC(CCl)CC2)CO1. The van der Waals surface area contributed by atoms with Gasteiger partial charge in [-0.1, -0.05) is 0 Å². The van der Waals surface area contributed by atoms with Crippen LogP contribution in [0.25, 0.3) is 0 Å². The van der Waals surface area contributed by atoms with Crippen LogP contribution in [0.5, 0.6) is 0 Å². The van der Waals surface area contributed by atoms with Crippen molar-refractivity contribution in [3.05, 3.63) is 0 Å². The van der Waals surface area contributed by atoms with E-state index in [1.807, 2.05) is 11.8 Å².